The molecule has 2 aromatic heterocycles. The van der Waals surface area contributed by atoms with Gasteiger partial charge in [-0.2, -0.15) is 0 Å². The van der Waals surface area contributed by atoms with Crippen molar-refractivity contribution >= 4 is 16.9 Å². The second-order valence-corrected chi connectivity index (χ2v) is 7.95. The fraction of sp³-hybridized carbons (Fsp3) is 0.200. The second kappa shape index (κ2) is 8.11. The Hall–Kier alpha value is -3.68. The Labute approximate surface area is 184 Å². The van der Waals surface area contributed by atoms with E-state index in [1.54, 1.807) is 25.4 Å². The summed E-state index contributed by atoms with van der Waals surface area (Å²) in [7, 11) is 1.65. The topological polar surface area (TPSA) is 98.7 Å². The number of nitrogens with zero attached hydrogens (tertiary/aromatic N) is 2. The van der Waals surface area contributed by atoms with Gasteiger partial charge >= 0.3 is 0 Å². The maximum Gasteiger partial charge on any atom is 0.256 e. The van der Waals surface area contributed by atoms with Gasteiger partial charge in [0.15, 0.2) is 6.10 Å². The molecule has 0 radical (unpaired) electrons. The number of hydrogen-bond acceptors (Lipinski definition) is 5. The number of aromatic nitrogens is 2. The summed E-state index contributed by atoms with van der Waals surface area (Å²) in [6.45, 7) is 0.519. The second-order valence-electron chi connectivity index (χ2n) is 7.95. The van der Waals surface area contributed by atoms with Gasteiger partial charge < -0.3 is 24.8 Å². The van der Waals surface area contributed by atoms with Gasteiger partial charge in [0.05, 0.1) is 13.2 Å². The number of aromatic amines is 1. The summed E-state index contributed by atoms with van der Waals surface area (Å²) in [6.07, 6.45) is 1.91. The van der Waals surface area contributed by atoms with Gasteiger partial charge in [-0.3, -0.25) is 4.79 Å². The number of β-amino-alcohol motifs (C(OH)–C–C–N with tert-alkyl or cyclic N) is 1. The van der Waals surface area contributed by atoms with Crippen molar-refractivity contribution in [2.75, 3.05) is 20.2 Å². The predicted molar refractivity (Wildman–Crippen MR) is 121 cm³/mol. The molecule has 1 aliphatic rings. The summed E-state index contributed by atoms with van der Waals surface area (Å²) < 4.78 is 5.52. The molecule has 4 aromatic rings. The third-order valence-corrected chi connectivity index (χ3v) is 5.87. The lowest BCUT2D eigenvalue weighted by Crippen LogP contribution is -2.54. The van der Waals surface area contributed by atoms with E-state index < -0.39 is 18.1 Å². The number of H-pyrrole nitrogens is 1. The van der Waals surface area contributed by atoms with E-state index in [1.165, 1.54) is 4.90 Å². The molecule has 0 bridgehead atoms. The van der Waals surface area contributed by atoms with Gasteiger partial charge in [-0.1, -0.05) is 36.4 Å². The molecule has 32 heavy (non-hydrogen) atoms. The molecule has 0 saturated carbocycles. The van der Waals surface area contributed by atoms with Gasteiger partial charge in [0.2, 0.25) is 0 Å². The zero-order chi connectivity index (χ0) is 22.2. The molecule has 1 atom stereocenters. The van der Waals surface area contributed by atoms with E-state index in [9.17, 15) is 15.0 Å². The molecule has 2 aromatic carbocycles. The van der Waals surface area contributed by atoms with Gasteiger partial charge in [0.1, 0.15) is 11.4 Å². The van der Waals surface area contributed by atoms with Gasteiger partial charge in [0, 0.05) is 47.6 Å². The molecule has 0 spiro atoms. The number of nitrogens with one attached hydrogen (secondary N) is 1. The minimum absolute atomic E-state index is 0.259. The SMILES string of the molecule is COc1ccccc1-c1c[nH]c2ncc(-c3cccc(C(O)C(=O)N4CC(O)C4)c3)cc12. The molecule has 3 N–H and O–H groups in total. The maximum atomic E-state index is 12.5. The lowest BCUT2D eigenvalue weighted by Gasteiger charge is -2.37. The summed E-state index contributed by atoms with van der Waals surface area (Å²) in [6, 6.07) is 17.1. The molecule has 1 saturated heterocycles. The first-order valence-corrected chi connectivity index (χ1v) is 10.4. The first-order chi connectivity index (χ1) is 15.5. The zero-order valence-electron chi connectivity index (χ0n) is 17.5. The zero-order valence-corrected chi connectivity index (χ0v) is 17.5. The Bertz CT molecular complexity index is 1290. The smallest absolute Gasteiger partial charge is 0.256 e. The third kappa shape index (κ3) is 3.51. The van der Waals surface area contributed by atoms with E-state index in [1.807, 2.05) is 48.7 Å². The number of rotatable bonds is 5. The van der Waals surface area contributed by atoms with E-state index in [0.29, 0.717) is 5.56 Å². The Kier molecular flexibility index (Phi) is 5.13. The van der Waals surface area contributed by atoms with Crippen molar-refractivity contribution in [3.63, 3.8) is 0 Å². The maximum absolute atomic E-state index is 12.5. The number of ether oxygens (including phenoxy) is 1. The largest absolute Gasteiger partial charge is 0.496 e. The van der Waals surface area contributed by atoms with Crippen LogP contribution in [0.1, 0.15) is 11.7 Å². The van der Waals surface area contributed by atoms with Crippen LogP contribution in [0.3, 0.4) is 0 Å². The first-order valence-electron chi connectivity index (χ1n) is 10.4. The molecule has 7 nitrogen and oxygen atoms in total. The van der Waals surface area contributed by atoms with Crippen molar-refractivity contribution in [3.8, 4) is 28.0 Å². The molecular weight excluding hydrogens is 406 g/mol. The first kappa shape index (κ1) is 20.2. The van der Waals surface area contributed by atoms with E-state index in [2.05, 4.69) is 9.97 Å². The fourth-order valence-electron chi connectivity index (χ4n) is 4.09. The fourth-order valence-corrected chi connectivity index (χ4v) is 4.09. The van der Waals surface area contributed by atoms with Crippen molar-refractivity contribution < 1.29 is 19.7 Å². The Morgan fingerprint density at radius 3 is 2.72 bits per heavy atom. The standard InChI is InChI=1S/C25H23N3O4/c1-32-22-8-3-2-7-19(22)21-12-27-24-20(21)10-17(11-26-24)15-5-4-6-16(9-15)23(30)25(31)28-13-18(29)14-28/h2-12,18,23,29-30H,13-14H2,1H3,(H,26,27). The number of carbonyl (C=O) groups is 1. The lowest BCUT2D eigenvalue weighted by molar-refractivity contribution is -0.150. The van der Waals surface area contributed by atoms with Gasteiger partial charge in [0.25, 0.3) is 5.91 Å². The highest BCUT2D eigenvalue weighted by molar-refractivity contribution is 5.97. The van der Waals surface area contributed by atoms with Crippen LogP contribution in [0.25, 0.3) is 33.3 Å². The van der Waals surface area contributed by atoms with Crippen molar-refractivity contribution in [1.82, 2.24) is 14.9 Å². The van der Waals surface area contributed by atoms with Crippen molar-refractivity contribution in [2.24, 2.45) is 0 Å². The Morgan fingerprint density at radius 2 is 1.94 bits per heavy atom. The summed E-state index contributed by atoms with van der Waals surface area (Å²) >= 11 is 0. The van der Waals surface area contributed by atoms with E-state index in [4.69, 9.17) is 4.74 Å². The van der Waals surface area contributed by atoms with E-state index >= 15 is 0 Å². The molecule has 1 fully saturated rings. The number of pyridine rings is 1. The van der Waals surface area contributed by atoms with Gasteiger partial charge in [-0.25, -0.2) is 4.98 Å². The van der Waals surface area contributed by atoms with Crippen molar-refractivity contribution in [2.45, 2.75) is 12.2 Å². The number of amides is 1. The lowest BCUT2D eigenvalue weighted by atomic mass is 9.98. The average molecular weight is 429 g/mol. The monoisotopic (exact) mass is 429 g/mol. The predicted octanol–water partition coefficient (Wildman–Crippen LogP) is 3.14. The van der Waals surface area contributed by atoms with Crippen LogP contribution in [0.4, 0.5) is 0 Å². The average Bonchev–Trinajstić information content (AvgIpc) is 3.24. The third-order valence-electron chi connectivity index (χ3n) is 5.87. The number of hydrogen-bond donors (Lipinski definition) is 3. The quantitative estimate of drug-likeness (QED) is 0.453. The Balaban J connectivity index is 1.50. The van der Waals surface area contributed by atoms with Gasteiger partial charge in [-0.05, 0) is 29.3 Å². The normalized spacial score (nSPS) is 14.9. The van der Waals surface area contributed by atoms with Crippen LogP contribution in [0.2, 0.25) is 0 Å². The minimum atomic E-state index is -1.27. The van der Waals surface area contributed by atoms with Crippen LogP contribution in [0.5, 0.6) is 5.75 Å². The van der Waals surface area contributed by atoms with E-state index in [0.717, 1.165) is 39.0 Å². The summed E-state index contributed by atoms with van der Waals surface area (Å²) in [5.74, 6) is 0.378. The number of aliphatic hydroxyl groups is 2. The van der Waals surface area contributed by atoms with Crippen LogP contribution in [0.15, 0.2) is 67.0 Å². The van der Waals surface area contributed by atoms with Crippen LogP contribution in [0, 0.1) is 0 Å². The van der Waals surface area contributed by atoms with Crippen LogP contribution >= 0.6 is 0 Å². The number of aliphatic hydroxyl groups excluding tert-OH is 2. The number of fused-ring (bicyclic) bond motifs is 1. The number of benzene rings is 2. The van der Waals surface area contributed by atoms with Crippen LogP contribution in [-0.4, -0.2) is 57.3 Å². The highest BCUT2D eigenvalue weighted by Crippen LogP contribution is 2.36. The number of carbonyl (C=O) groups excluding carboxylic acids is 1. The van der Waals surface area contributed by atoms with Gasteiger partial charge in [-0.15, -0.1) is 0 Å². The minimum Gasteiger partial charge on any atom is -0.496 e. The summed E-state index contributed by atoms with van der Waals surface area (Å²) in [5, 5.41) is 20.9. The molecule has 3 heterocycles. The highest BCUT2D eigenvalue weighted by atomic mass is 16.5. The number of likely N-dealkylation sites (tertiary alicyclic amines) is 1. The number of para-hydroxylation sites is 1. The molecule has 1 amide bonds. The van der Waals surface area contributed by atoms with Crippen molar-refractivity contribution in [1.29, 1.82) is 0 Å². The molecule has 0 aliphatic carbocycles. The molecular formula is C25H23N3O4. The molecule has 7 heteroatoms. The van der Waals surface area contributed by atoms with Crippen molar-refractivity contribution in [3.05, 3.63) is 72.6 Å². The highest BCUT2D eigenvalue weighted by Gasteiger charge is 2.33. The number of methoxy groups -OCH3 is 1. The van der Waals surface area contributed by atoms with E-state index in [-0.39, 0.29) is 13.1 Å². The molecule has 1 aliphatic heterocycles. The summed E-state index contributed by atoms with van der Waals surface area (Å²) in [5.41, 5.74) is 4.93. The summed E-state index contributed by atoms with van der Waals surface area (Å²) in [4.78, 5) is 21.7. The van der Waals surface area contributed by atoms with Crippen LogP contribution < -0.4 is 4.74 Å². The van der Waals surface area contributed by atoms with Crippen LogP contribution in [-0.2, 0) is 4.79 Å². The molecule has 1 unspecified atom stereocenters. The Morgan fingerprint density at radius 1 is 1.12 bits per heavy atom. The molecule has 162 valence electrons. The molecule has 5 rings (SSSR count).